The molecule has 1 heterocycles. The van der Waals surface area contributed by atoms with Crippen LogP contribution in [-0.2, 0) is 0 Å². The van der Waals surface area contributed by atoms with Gasteiger partial charge in [-0.3, -0.25) is 9.59 Å². The minimum absolute atomic E-state index is 0.0119. The van der Waals surface area contributed by atoms with E-state index in [2.05, 4.69) is 17.3 Å². The number of carbonyl (C=O) groups excluding carboxylic acids is 2. The largest absolute Gasteiger partial charge is 0.497 e. The normalized spacial score (nSPS) is 14.8. The Kier molecular flexibility index (Phi) is 5.53. The zero-order valence-electron chi connectivity index (χ0n) is 15.1. The maximum atomic E-state index is 12.5. The van der Waals surface area contributed by atoms with Crippen molar-refractivity contribution >= 4 is 17.5 Å². The highest BCUT2D eigenvalue weighted by Crippen LogP contribution is 2.18. The average Bonchev–Trinajstić information content (AvgIpc) is 2.68. The number of likely N-dealkylation sites (N-methyl/N-ethyl adjacent to an activating group) is 1. The second-order valence-corrected chi connectivity index (χ2v) is 6.36. The summed E-state index contributed by atoms with van der Waals surface area (Å²) in [6.45, 7) is 3.22. The standard InChI is InChI=1S/C20H23N3O3/c1-22-10-12-23(13-11-22)20(25)16-8-6-15(7-9-16)19(24)21-17-4-3-5-18(14-17)26-2/h3-9,14H,10-13H2,1-2H3,(H,21,24). The van der Waals surface area contributed by atoms with E-state index in [0.717, 1.165) is 26.2 Å². The molecule has 2 amide bonds. The van der Waals surface area contributed by atoms with Gasteiger partial charge in [0.2, 0.25) is 0 Å². The molecule has 0 atom stereocenters. The first-order valence-corrected chi connectivity index (χ1v) is 8.60. The lowest BCUT2D eigenvalue weighted by Crippen LogP contribution is -2.47. The molecular weight excluding hydrogens is 330 g/mol. The van der Waals surface area contributed by atoms with Crippen molar-refractivity contribution in [3.05, 3.63) is 59.7 Å². The summed E-state index contributed by atoms with van der Waals surface area (Å²) in [6.07, 6.45) is 0. The predicted octanol–water partition coefficient (Wildman–Crippen LogP) is 2.34. The fraction of sp³-hybridized carbons (Fsp3) is 0.300. The Morgan fingerprint density at radius 1 is 0.962 bits per heavy atom. The molecule has 1 fully saturated rings. The highest BCUT2D eigenvalue weighted by molar-refractivity contribution is 6.05. The summed E-state index contributed by atoms with van der Waals surface area (Å²) in [4.78, 5) is 29.0. The van der Waals surface area contributed by atoms with Crippen molar-refractivity contribution in [2.24, 2.45) is 0 Å². The van der Waals surface area contributed by atoms with E-state index in [0.29, 0.717) is 22.6 Å². The van der Waals surface area contributed by atoms with Crippen LogP contribution in [0.5, 0.6) is 5.75 Å². The molecule has 1 aliphatic rings. The zero-order chi connectivity index (χ0) is 18.5. The molecule has 1 aliphatic heterocycles. The molecular formula is C20H23N3O3. The molecule has 26 heavy (non-hydrogen) atoms. The number of ether oxygens (including phenoxy) is 1. The second-order valence-electron chi connectivity index (χ2n) is 6.36. The number of hydrogen-bond donors (Lipinski definition) is 1. The maximum Gasteiger partial charge on any atom is 0.255 e. The molecule has 0 saturated carbocycles. The molecule has 3 rings (SSSR count). The molecule has 0 bridgehead atoms. The molecule has 6 heteroatoms. The van der Waals surface area contributed by atoms with Crippen LogP contribution in [0.25, 0.3) is 0 Å². The number of rotatable bonds is 4. The molecule has 136 valence electrons. The van der Waals surface area contributed by atoms with E-state index < -0.39 is 0 Å². The average molecular weight is 353 g/mol. The van der Waals surface area contributed by atoms with Gasteiger partial charge in [-0.2, -0.15) is 0 Å². The van der Waals surface area contributed by atoms with E-state index in [4.69, 9.17) is 4.74 Å². The molecule has 6 nitrogen and oxygen atoms in total. The summed E-state index contributed by atoms with van der Waals surface area (Å²) >= 11 is 0. The number of benzene rings is 2. The van der Waals surface area contributed by atoms with Crippen molar-refractivity contribution in [2.45, 2.75) is 0 Å². The Bertz CT molecular complexity index is 781. The van der Waals surface area contributed by atoms with Gasteiger partial charge < -0.3 is 19.9 Å². The number of anilines is 1. The summed E-state index contributed by atoms with van der Waals surface area (Å²) in [6, 6.07) is 14.0. The third kappa shape index (κ3) is 4.21. The molecule has 0 unspecified atom stereocenters. The van der Waals surface area contributed by atoms with E-state index >= 15 is 0 Å². The highest BCUT2D eigenvalue weighted by Gasteiger charge is 2.20. The number of hydrogen-bond acceptors (Lipinski definition) is 4. The second kappa shape index (κ2) is 8.01. The molecule has 0 aromatic heterocycles. The van der Waals surface area contributed by atoms with E-state index in [1.54, 1.807) is 43.5 Å². The van der Waals surface area contributed by atoms with Gasteiger partial charge in [-0.05, 0) is 43.4 Å². The summed E-state index contributed by atoms with van der Waals surface area (Å²) in [5, 5.41) is 2.83. The number of nitrogens with one attached hydrogen (secondary N) is 1. The molecule has 1 saturated heterocycles. The zero-order valence-corrected chi connectivity index (χ0v) is 15.1. The van der Waals surface area contributed by atoms with Crippen LogP contribution < -0.4 is 10.1 Å². The lowest BCUT2D eigenvalue weighted by molar-refractivity contribution is 0.0664. The molecule has 2 aromatic rings. The third-order valence-corrected chi connectivity index (χ3v) is 4.51. The molecule has 0 aliphatic carbocycles. The molecule has 1 N–H and O–H groups in total. The summed E-state index contributed by atoms with van der Waals surface area (Å²) in [7, 11) is 3.63. The van der Waals surface area contributed by atoms with Crippen LogP contribution >= 0.6 is 0 Å². The fourth-order valence-corrected chi connectivity index (χ4v) is 2.86. The Morgan fingerprint density at radius 2 is 1.62 bits per heavy atom. The maximum absolute atomic E-state index is 12.5. The molecule has 2 aromatic carbocycles. The first-order chi connectivity index (χ1) is 12.6. The summed E-state index contributed by atoms with van der Waals surface area (Å²) < 4.78 is 5.15. The van der Waals surface area contributed by atoms with Gasteiger partial charge in [0.05, 0.1) is 7.11 Å². The fourth-order valence-electron chi connectivity index (χ4n) is 2.86. The van der Waals surface area contributed by atoms with Gasteiger partial charge >= 0.3 is 0 Å². The van der Waals surface area contributed by atoms with Gasteiger partial charge in [-0.25, -0.2) is 0 Å². The van der Waals surface area contributed by atoms with Crippen LogP contribution in [0.15, 0.2) is 48.5 Å². The van der Waals surface area contributed by atoms with Gasteiger partial charge in [0.25, 0.3) is 11.8 Å². The Hall–Kier alpha value is -2.86. The van der Waals surface area contributed by atoms with E-state index in [9.17, 15) is 9.59 Å². The number of piperazine rings is 1. The van der Waals surface area contributed by atoms with Crippen LogP contribution in [0.4, 0.5) is 5.69 Å². The molecule has 0 spiro atoms. The van der Waals surface area contributed by atoms with Gasteiger partial charge in [0.1, 0.15) is 5.75 Å². The van der Waals surface area contributed by atoms with Crippen LogP contribution in [0.2, 0.25) is 0 Å². The Labute approximate surface area is 153 Å². The number of amides is 2. The Balaban J connectivity index is 1.64. The Morgan fingerprint density at radius 3 is 2.27 bits per heavy atom. The topological polar surface area (TPSA) is 61.9 Å². The minimum atomic E-state index is -0.225. The first-order valence-electron chi connectivity index (χ1n) is 8.60. The number of carbonyl (C=O) groups is 2. The lowest BCUT2D eigenvalue weighted by atomic mass is 10.1. The third-order valence-electron chi connectivity index (χ3n) is 4.51. The van der Waals surface area contributed by atoms with Gasteiger partial charge in [-0.15, -0.1) is 0 Å². The van der Waals surface area contributed by atoms with E-state index in [1.165, 1.54) is 0 Å². The van der Waals surface area contributed by atoms with Crippen molar-refractivity contribution in [1.82, 2.24) is 9.80 Å². The summed E-state index contributed by atoms with van der Waals surface area (Å²) in [5.74, 6) is 0.464. The number of nitrogens with zero attached hydrogens (tertiary/aromatic N) is 2. The van der Waals surface area contributed by atoms with Crippen LogP contribution in [0.1, 0.15) is 20.7 Å². The number of methoxy groups -OCH3 is 1. The van der Waals surface area contributed by atoms with Crippen molar-refractivity contribution in [3.63, 3.8) is 0 Å². The van der Waals surface area contributed by atoms with Crippen molar-refractivity contribution in [2.75, 3.05) is 45.7 Å². The van der Waals surface area contributed by atoms with Gasteiger partial charge in [-0.1, -0.05) is 6.07 Å². The van der Waals surface area contributed by atoms with E-state index in [-0.39, 0.29) is 11.8 Å². The smallest absolute Gasteiger partial charge is 0.255 e. The van der Waals surface area contributed by atoms with E-state index in [1.807, 2.05) is 17.0 Å². The van der Waals surface area contributed by atoms with Crippen LogP contribution in [0.3, 0.4) is 0 Å². The van der Waals surface area contributed by atoms with Crippen molar-refractivity contribution in [3.8, 4) is 5.75 Å². The van der Waals surface area contributed by atoms with Crippen molar-refractivity contribution < 1.29 is 14.3 Å². The van der Waals surface area contributed by atoms with Gasteiger partial charge in [0.15, 0.2) is 0 Å². The quantitative estimate of drug-likeness (QED) is 0.916. The van der Waals surface area contributed by atoms with Crippen molar-refractivity contribution in [1.29, 1.82) is 0 Å². The first kappa shape index (κ1) is 17.9. The molecule has 0 radical (unpaired) electrons. The predicted molar refractivity (Wildman–Crippen MR) is 101 cm³/mol. The van der Waals surface area contributed by atoms with Crippen LogP contribution in [0, 0.1) is 0 Å². The van der Waals surface area contributed by atoms with Gasteiger partial charge in [0, 0.05) is 49.1 Å². The lowest BCUT2D eigenvalue weighted by Gasteiger charge is -2.32. The SMILES string of the molecule is COc1cccc(NC(=O)c2ccc(C(=O)N3CCN(C)CC3)cc2)c1. The minimum Gasteiger partial charge on any atom is -0.497 e. The monoisotopic (exact) mass is 353 g/mol. The highest BCUT2D eigenvalue weighted by atomic mass is 16.5. The van der Waals surface area contributed by atoms with Crippen LogP contribution in [-0.4, -0.2) is 62.0 Å². The summed E-state index contributed by atoms with van der Waals surface area (Å²) in [5.41, 5.74) is 1.77.